The van der Waals surface area contributed by atoms with Gasteiger partial charge in [-0.25, -0.2) is 0 Å². The number of benzene rings is 1. The number of nitrogen functional groups attached to an aromatic ring is 1. The second kappa shape index (κ2) is 4.40. The molecule has 0 bridgehead atoms. The third-order valence-electron chi connectivity index (χ3n) is 4.68. The molecule has 2 atom stereocenters. The lowest BCUT2D eigenvalue weighted by molar-refractivity contribution is 0.607. The van der Waals surface area contributed by atoms with Gasteiger partial charge in [-0.15, -0.1) is 0 Å². The van der Waals surface area contributed by atoms with Crippen LogP contribution in [0.5, 0.6) is 0 Å². The predicted molar refractivity (Wildman–Crippen MR) is 82.0 cm³/mol. The summed E-state index contributed by atoms with van der Waals surface area (Å²) in [5, 5.41) is 8.45. The van der Waals surface area contributed by atoms with E-state index in [2.05, 4.69) is 10.2 Å². The van der Waals surface area contributed by atoms with Crippen molar-refractivity contribution < 1.29 is 0 Å². The molecule has 0 aliphatic heterocycles. The summed E-state index contributed by atoms with van der Waals surface area (Å²) in [6.07, 6.45) is 3.91. The smallest absolute Gasteiger partial charge is 0.153 e. The molecule has 0 saturated heterocycles. The fourth-order valence-corrected chi connectivity index (χ4v) is 3.87. The van der Waals surface area contributed by atoms with E-state index in [9.17, 15) is 0 Å². The van der Waals surface area contributed by atoms with Crippen LogP contribution in [-0.4, -0.2) is 10.2 Å². The Balaban J connectivity index is 1.76. The number of nitrogens with one attached hydrogen (secondary N) is 1. The third kappa shape index (κ3) is 1.92. The average Bonchev–Trinajstić information content (AvgIpc) is 2.85. The Labute approximate surface area is 127 Å². The molecule has 104 valence electrons. The highest BCUT2D eigenvalue weighted by molar-refractivity contribution is 6.42. The van der Waals surface area contributed by atoms with Crippen molar-refractivity contribution in [2.75, 3.05) is 5.73 Å². The summed E-state index contributed by atoms with van der Waals surface area (Å²) >= 11 is 12.1. The lowest BCUT2D eigenvalue weighted by Crippen LogP contribution is -1.99. The molecule has 3 N–H and O–H groups in total. The molecule has 2 aromatic rings. The molecule has 4 rings (SSSR count). The maximum Gasteiger partial charge on any atom is 0.153 e. The van der Waals surface area contributed by atoms with Crippen LogP contribution in [-0.2, 0) is 0 Å². The molecule has 0 radical (unpaired) electrons. The van der Waals surface area contributed by atoms with Gasteiger partial charge < -0.3 is 5.73 Å². The quantitative estimate of drug-likeness (QED) is 0.859. The zero-order chi connectivity index (χ0) is 13.9. The van der Waals surface area contributed by atoms with Crippen molar-refractivity contribution in [3.8, 4) is 11.1 Å². The number of anilines is 1. The van der Waals surface area contributed by atoms with E-state index in [1.54, 1.807) is 0 Å². The average molecular weight is 308 g/mol. The summed E-state index contributed by atoms with van der Waals surface area (Å²) in [5.74, 6) is 2.93. The van der Waals surface area contributed by atoms with Crippen LogP contribution in [0.15, 0.2) is 18.2 Å². The van der Waals surface area contributed by atoms with E-state index >= 15 is 0 Å². The van der Waals surface area contributed by atoms with Crippen LogP contribution < -0.4 is 5.73 Å². The van der Waals surface area contributed by atoms with Crippen molar-refractivity contribution in [1.82, 2.24) is 10.2 Å². The Bertz CT molecular complexity index is 670. The minimum Gasteiger partial charge on any atom is -0.382 e. The van der Waals surface area contributed by atoms with Gasteiger partial charge in [0.2, 0.25) is 0 Å². The number of fused-ring (bicyclic) bond motifs is 1. The molecular weight excluding hydrogens is 293 g/mol. The number of aromatic amines is 1. The van der Waals surface area contributed by atoms with Gasteiger partial charge in [0.05, 0.1) is 10.0 Å². The molecule has 2 unspecified atom stereocenters. The molecule has 2 fully saturated rings. The van der Waals surface area contributed by atoms with Gasteiger partial charge in [0.25, 0.3) is 0 Å². The minimum atomic E-state index is 0.541. The Hall–Kier alpha value is -1.19. The maximum absolute atomic E-state index is 6.12. The van der Waals surface area contributed by atoms with Crippen molar-refractivity contribution >= 4 is 29.0 Å². The summed E-state index contributed by atoms with van der Waals surface area (Å²) in [6.45, 7) is 0. The Kier molecular flexibility index (Phi) is 2.76. The maximum atomic E-state index is 6.12. The van der Waals surface area contributed by atoms with Gasteiger partial charge in [0, 0.05) is 17.2 Å². The first-order chi connectivity index (χ1) is 9.63. The summed E-state index contributed by atoms with van der Waals surface area (Å²) in [4.78, 5) is 0. The first kappa shape index (κ1) is 12.5. The summed E-state index contributed by atoms with van der Waals surface area (Å²) in [6, 6.07) is 5.63. The molecule has 0 amide bonds. The second-order valence-electron chi connectivity index (χ2n) is 5.95. The fraction of sp³-hybridized carbons (Fsp3) is 0.400. The van der Waals surface area contributed by atoms with Crippen LogP contribution in [0.25, 0.3) is 11.1 Å². The SMILES string of the molecule is Nc1n[nH]c(C2CC3CC3C2)c1-c1ccc(Cl)c(Cl)c1. The number of aromatic nitrogens is 2. The molecule has 1 aromatic carbocycles. The molecule has 2 aliphatic carbocycles. The molecule has 2 saturated carbocycles. The predicted octanol–water partition coefficient (Wildman–Crippen LogP) is 4.48. The van der Waals surface area contributed by atoms with Gasteiger partial charge in [-0.2, -0.15) is 5.10 Å². The van der Waals surface area contributed by atoms with Gasteiger partial charge in [-0.3, -0.25) is 5.10 Å². The van der Waals surface area contributed by atoms with E-state index in [1.807, 2.05) is 18.2 Å². The van der Waals surface area contributed by atoms with E-state index in [-0.39, 0.29) is 0 Å². The fourth-order valence-electron chi connectivity index (χ4n) is 3.57. The van der Waals surface area contributed by atoms with Crippen LogP contribution in [0.4, 0.5) is 5.82 Å². The zero-order valence-corrected chi connectivity index (χ0v) is 12.4. The van der Waals surface area contributed by atoms with Crippen molar-refractivity contribution in [3.05, 3.63) is 33.9 Å². The van der Waals surface area contributed by atoms with Gasteiger partial charge in [0.1, 0.15) is 0 Å². The Morgan fingerprint density at radius 1 is 1.10 bits per heavy atom. The second-order valence-corrected chi connectivity index (χ2v) is 6.77. The normalized spacial score (nSPS) is 27.6. The number of nitrogens with zero attached hydrogens (tertiary/aromatic N) is 1. The number of H-pyrrole nitrogens is 1. The highest BCUT2D eigenvalue weighted by atomic mass is 35.5. The molecule has 1 heterocycles. The summed E-state index contributed by atoms with van der Waals surface area (Å²) < 4.78 is 0. The van der Waals surface area contributed by atoms with Crippen LogP contribution >= 0.6 is 23.2 Å². The Morgan fingerprint density at radius 3 is 2.55 bits per heavy atom. The topological polar surface area (TPSA) is 54.7 Å². The monoisotopic (exact) mass is 307 g/mol. The number of halogens is 2. The lowest BCUT2D eigenvalue weighted by Gasteiger charge is -2.13. The number of nitrogens with two attached hydrogens (primary N) is 1. The molecule has 0 spiro atoms. The van der Waals surface area contributed by atoms with Crippen LogP contribution in [0.3, 0.4) is 0 Å². The van der Waals surface area contributed by atoms with Gasteiger partial charge in [-0.05, 0) is 48.8 Å². The first-order valence-corrected chi connectivity index (χ1v) is 7.68. The molecular formula is C15H15Cl2N3. The van der Waals surface area contributed by atoms with Crippen LogP contribution in [0.1, 0.15) is 30.9 Å². The number of hydrogen-bond acceptors (Lipinski definition) is 2. The lowest BCUT2D eigenvalue weighted by atomic mass is 9.93. The standard InChI is InChI=1S/C15H15Cl2N3/c16-11-2-1-7(6-12(11)17)13-14(19-20-15(13)18)10-4-8-3-9(8)5-10/h1-2,6,8-10H,3-5H2,(H3,18,19,20). The van der Waals surface area contributed by atoms with E-state index in [0.717, 1.165) is 28.7 Å². The van der Waals surface area contributed by atoms with Crippen molar-refractivity contribution in [2.45, 2.75) is 25.2 Å². The molecule has 1 aromatic heterocycles. The molecule has 20 heavy (non-hydrogen) atoms. The first-order valence-electron chi connectivity index (χ1n) is 6.92. The summed E-state index contributed by atoms with van der Waals surface area (Å²) in [5.41, 5.74) is 9.20. The van der Waals surface area contributed by atoms with Gasteiger partial charge in [-0.1, -0.05) is 29.3 Å². The van der Waals surface area contributed by atoms with Crippen molar-refractivity contribution in [1.29, 1.82) is 0 Å². The van der Waals surface area contributed by atoms with E-state index in [1.165, 1.54) is 19.3 Å². The van der Waals surface area contributed by atoms with E-state index in [0.29, 0.717) is 21.8 Å². The Morgan fingerprint density at radius 2 is 1.85 bits per heavy atom. The van der Waals surface area contributed by atoms with Gasteiger partial charge >= 0.3 is 0 Å². The number of rotatable bonds is 2. The highest BCUT2D eigenvalue weighted by Crippen LogP contribution is 2.58. The zero-order valence-electron chi connectivity index (χ0n) is 10.9. The van der Waals surface area contributed by atoms with Crippen LogP contribution in [0, 0.1) is 11.8 Å². The van der Waals surface area contributed by atoms with Crippen molar-refractivity contribution in [3.63, 3.8) is 0 Å². The van der Waals surface area contributed by atoms with Crippen LogP contribution in [0.2, 0.25) is 10.0 Å². The minimum absolute atomic E-state index is 0.541. The molecule has 2 aliphatic rings. The molecule has 5 heteroatoms. The molecule has 3 nitrogen and oxygen atoms in total. The highest BCUT2D eigenvalue weighted by Gasteiger charge is 2.47. The van der Waals surface area contributed by atoms with E-state index < -0.39 is 0 Å². The van der Waals surface area contributed by atoms with E-state index in [4.69, 9.17) is 28.9 Å². The number of hydrogen-bond donors (Lipinski definition) is 2. The largest absolute Gasteiger partial charge is 0.382 e. The third-order valence-corrected chi connectivity index (χ3v) is 5.42. The van der Waals surface area contributed by atoms with Gasteiger partial charge in [0.15, 0.2) is 5.82 Å². The van der Waals surface area contributed by atoms with Crippen molar-refractivity contribution in [2.24, 2.45) is 11.8 Å². The summed E-state index contributed by atoms with van der Waals surface area (Å²) in [7, 11) is 0.